The Hall–Kier alpha value is -2.90. The normalized spacial score (nSPS) is 13.9. The second-order valence-electron chi connectivity index (χ2n) is 7.17. The zero-order valence-electron chi connectivity index (χ0n) is 15.8. The van der Waals surface area contributed by atoms with E-state index in [1.54, 1.807) is 0 Å². The second kappa shape index (κ2) is 7.77. The van der Waals surface area contributed by atoms with E-state index in [4.69, 9.17) is 5.73 Å². The molecule has 0 saturated carbocycles. The van der Waals surface area contributed by atoms with Crippen LogP contribution in [-0.4, -0.2) is 0 Å². The molecule has 3 aromatic carbocycles. The minimum absolute atomic E-state index is 0.568. The van der Waals surface area contributed by atoms with Crippen LogP contribution >= 0.6 is 0 Å². The summed E-state index contributed by atoms with van der Waals surface area (Å²) in [5.74, 6) is 0. The van der Waals surface area contributed by atoms with Crippen molar-refractivity contribution in [2.75, 3.05) is 0 Å². The van der Waals surface area contributed by atoms with Gasteiger partial charge < -0.3 is 5.73 Å². The van der Waals surface area contributed by atoms with E-state index in [1.165, 1.54) is 39.0 Å². The molecule has 1 aliphatic rings. The van der Waals surface area contributed by atoms with Gasteiger partial charge in [0.2, 0.25) is 0 Å². The molecular weight excluding hydrogens is 326 g/mol. The molecule has 0 amide bonds. The number of hydrogen-bond acceptors (Lipinski definition) is 1. The Balaban J connectivity index is 1.74. The number of benzene rings is 3. The van der Waals surface area contributed by atoms with Crippen molar-refractivity contribution in [3.8, 4) is 11.1 Å². The molecule has 1 aliphatic carbocycles. The molecule has 0 unspecified atom stereocenters. The molecule has 0 aliphatic heterocycles. The molecular formula is C26H25N. The van der Waals surface area contributed by atoms with Gasteiger partial charge in [-0.15, -0.1) is 0 Å². The SMILES string of the molecule is Cc1cccc(C2=CCCC=C2c2cccc(-c3cccc(CN)c3)c2)c1. The molecule has 0 bridgehead atoms. The molecule has 3 aromatic rings. The number of hydrogen-bond donors (Lipinski definition) is 1. The Bertz CT molecular complexity index is 1020. The van der Waals surface area contributed by atoms with Crippen molar-refractivity contribution in [1.82, 2.24) is 0 Å². The highest BCUT2D eigenvalue weighted by Crippen LogP contribution is 2.37. The summed E-state index contributed by atoms with van der Waals surface area (Å²) in [6, 6.07) is 26.2. The fourth-order valence-corrected chi connectivity index (χ4v) is 3.78. The molecule has 4 rings (SSSR count). The summed E-state index contributed by atoms with van der Waals surface area (Å²) in [7, 11) is 0. The van der Waals surface area contributed by atoms with Crippen LogP contribution in [0.5, 0.6) is 0 Å². The smallest absolute Gasteiger partial charge is 0.0178 e. The van der Waals surface area contributed by atoms with Crippen molar-refractivity contribution in [3.05, 3.63) is 107 Å². The summed E-state index contributed by atoms with van der Waals surface area (Å²) in [5, 5.41) is 0. The van der Waals surface area contributed by atoms with E-state index in [1.807, 2.05) is 0 Å². The van der Waals surface area contributed by atoms with Crippen LogP contribution in [0.3, 0.4) is 0 Å². The van der Waals surface area contributed by atoms with E-state index < -0.39 is 0 Å². The maximum atomic E-state index is 5.82. The summed E-state index contributed by atoms with van der Waals surface area (Å²) in [6.07, 6.45) is 6.96. The van der Waals surface area contributed by atoms with Gasteiger partial charge in [0, 0.05) is 6.54 Å². The van der Waals surface area contributed by atoms with Crippen LogP contribution in [0.4, 0.5) is 0 Å². The maximum absolute atomic E-state index is 5.82. The Morgan fingerprint density at radius 1 is 0.667 bits per heavy atom. The van der Waals surface area contributed by atoms with Gasteiger partial charge in [0.25, 0.3) is 0 Å². The minimum atomic E-state index is 0.568. The lowest BCUT2D eigenvalue weighted by Crippen LogP contribution is -1.97. The Morgan fingerprint density at radius 2 is 1.22 bits per heavy atom. The second-order valence-corrected chi connectivity index (χ2v) is 7.17. The molecule has 2 N–H and O–H groups in total. The molecule has 1 heteroatoms. The lowest BCUT2D eigenvalue weighted by molar-refractivity contribution is 1.04. The van der Waals surface area contributed by atoms with Gasteiger partial charge in [0.15, 0.2) is 0 Å². The highest BCUT2D eigenvalue weighted by Gasteiger charge is 2.14. The molecule has 0 spiro atoms. The van der Waals surface area contributed by atoms with Gasteiger partial charge in [-0.25, -0.2) is 0 Å². The van der Waals surface area contributed by atoms with Gasteiger partial charge in [-0.3, -0.25) is 0 Å². The predicted molar refractivity (Wildman–Crippen MR) is 116 cm³/mol. The van der Waals surface area contributed by atoms with E-state index >= 15 is 0 Å². The van der Waals surface area contributed by atoms with Crippen molar-refractivity contribution in [1.29, 1.82) is 0 Å². The molecule has 0 fully saturated rings. The van der Waals surface area contributed by atoms with E-state index in [2.05, 4.69) is 91.9 Å². The molecule has 1 nitrogen and oxygen atoms in total. The summed E-state index contributed by atoms with van der Waals surface area (Å²) in [4.78, 5) is 0. The molecule has 27 heavy (non-hydrogen) atoms. The van der Waals surface area contributed by atoms with Crippen LogP contribution in [-0.2, 0) is 6.54 Å². The molecule has 0 atom stereocenters. The van der Waals surface area contributed by atoms with Gasteiger partial charge in [0.1, 0.15) is 0 Å². The molecule has 0 aromatic heterocycles. The zero-order valence-corrected chi connectivity index (χ0v) is 15.8. The van der Waals surface area contributed by atoms with E-state index in [-0.39, 0.29) is 0 Å². The number of rotatable bonds is 4. The number of allylic oxidation sites excluding steroid dienone is 4. The fourth-order valence-electron chi connectivity index (χ4n) is 3.78. The van der Waals surface area contributed by atoms with Crippen molar-refractivity contribution in [2.45, 2.75) is 26.3 Å². The summed E-state index contributed by atoms with van der Waals surface area (Å²) in [6.45, 7) is 2.72. The average molecular weight is 351 g/mol. The predicted octanol–water partition coefficient (Wildman–Crippen LogP) is 6.38. The highest BCUT2D eigenvalue weighted by molar-refractivity contribution is 6.06. The first kappa shape index (κ1) is 17.5. The summed E-state index contributed by atoms with van der Waals surface area (Å²) >= 11 is 0. The van der Waals surface area contributed by atoms with Crippen LogP contribution in [0.15, 0.2) is 84.9 Å². The first-order valence-corrected chi connectivity index (χ1v) is 9.62. The molecule has 0 saturated heterocycles. The third kappa shape index (κ3) is 3.79. The first-order valence-electron chi connectivity index (χ1n) is 9.62. The maximum Gasteiger partial charge on any atom is 0.0178 e. The van der Waals surface area contributed by atoms with E-state index in [0.29, 0.717) is 6.54 Å². The molecule has 0 radical (unpaired) electrons. The van der Waals surface area contributed by atoms with Gasteiger partial charge in [0.05, 0.1) is 0 Å². The zero-order chi connectivity index (χ0) is 18.6. The van der Waals surface area contributed by atoms with E-state index in [0.717, 1.165) is 18.4 Å². The monoisotopic (exact) mass is 351 g/mol. The Labute approximate surface area is 161 Å². The number of nitrogens with two attached hydrogens (primary N) is 1. The largest absolute Gasteiger partial charge is 0.326 e. The third-order valence-corrected chi connectivity index (χ3v) is 5.15. The average Bonchev–Trinajstić information content (AvgIpc) is 2.74. The van der Waals surface area contributed by atoms with E-state index in [9.17, 15) is 0 Å². The van der Waals surface area contributed by atoms with Crippen LogP contribution in [0, 0.1) is 6.92 Å². The van der Waals surface area contributed by atoms with Gasteiger partial charge in [-0.2, -0.15) is 0 Å². The Morgan fingerprint density at radius 3 is 1.89 bits per heavy atom. The Kier molecular flexibility index (Phi) is 5.04. The lowest BCUT2D eigenvalue weighted by Gasteiger charge is -2.18. The van der Waals surface area contributed by atoms with Gasteiger partial charge in [-0.05, 0) is 70.9 Å². The summed E-state index contributed by atoms with van der Waals surface area (Å²) < 4.78 is 0. The number of aryl methyl sites for hydroxylation is 1. The quantitative estimate of drug-likeness (QED) is 0.580. The lowest BCUT2D eigenvalue weighted by atomic mass is 9.86. The fraction of sp³-hybridized carbons (Fsp3) is 0.154. The van der Waals surface area contributed by atoms with Crippen LogP contribution in [0.2, 0.25) is 0 Å². The van der Waals surface area contributed by atoms with Crippen LogP contribution < -0.4 is 5.73 Å². The van der Waals surface area contributed by atoms with Gasteiger partial charge in [-0.1, -0.05) is 78.4 Å². The standard InChI is InChI=1S/C26H25N/c1-19-7-4-11-23(15-19)25-13-2-3-14-26(25)24-12-6-10-22(17-24)21-9-5-8-20(16-21)18-27/h4-17H,2-3,18,27H2,1H3. The van der Waals surface area contributed by atoms with Crippen LogP contribution in [0.25, 0.3) is 22.3 Å². The van der Waals surface area contributed by atoms with Crippen molar-refractivity contribution in [2.24, 2.45) is 5.73 Å². The van der Waals surface area contributed by atoms with Crippen molar-refractivity contribution < 1.29 is 0 Å². The van der Waals surface area contributed by atoms with Crippen molar-refractivity contribution in [3.63, 3.8) is 0 Å². The summed E-state index contributed by atoms with van der Waals surface area (Å²) in [5.41, 5.74) is 16.0. The third-order valence-electron chi connectivity index (χ3n) is 5.15. The highest BCUT2D eigenvalue weighted by atomic mass is 14.5. The van der Waals surface area contributed by atoms with Crippen molar-refractivity contribution >= 4 is 11.1 Å². The molecule has 134 valence electrons. The van der Waals surface area contributed by atoms with Gasteiger partial charge >= 0.3 is 0 Å². The first-order chi connectivity index (χ1) is 13.2. The van der Waals surface area contributed by atoms with Crippen LogP contribution in [0.1, 0.15) is 35.1 Å². The topological polar surface area (TPSA) is 26.0 Å². The molecule has 0 heterocycles. The minimum Gasteiger partial charge on any atom is -0.326 e.